The Morgan fingerprint density at radius 1 is 1.07 bits per heavy atom. The van der Waals surface area contributed by atoms with E-state index in [2.05, 4.69) is 20.4 Å². The van der Waals surface area contributed by atoms with Crippen LogP contribution in [0.15, 0.2) is 52.4 Å². The lowest BCUT2D eigenvalue weighted by Gasteiger charge is -2.10. The van der Waals surface area contributed by atoms with Gasteiger partial charge in [0.25, 0.3) is 11.8 Å². The van der Waals surface area contributed by atoms with Crippen molar-refractivity contribution in [2.75, 3.05) is 5.32 Å². The van der Waals surface area contributed by atoms with Crippen LogP contribution >= 0.6 is 11.3 Å². The Morgan fingerprint density at radius 2 is 1.83 bits per heavy atom. The van der Waals surface area contributed by atoms with Crippen LogP contribution in [0, 0.1) is 13.8 Å². The summed E-state index contributed by atoms with van der Waals surface area (Å²) in [6.45, 7) is 7.97. The minimum Gasteiger partial charge on any atom is -0.334 e. The zero-order chi connectivity index (χ0) is 21.3. The topological polar surface area (TPSA) is 80.9 Å². The molecule has 4 rings (SSSR count). The van der Waals surface area contributed by atoms with E-state index in [0.29, 0.717) is 28.7 Å². The van der Waals surface area contributed by atoms with Gasteiger partial charge in [-0.2, -0.15) is 4.98 Å². The van der Waals surface area contributed by atoms with Crippen LogP contribution < -0.4 is 5.32 Å². The second-order valence-electron chi connectivity index (χ2n) is 7.47. The Morgan fingerprint density at radius 3 is 2.53 bits per heavy atom. The molecule has 0 aliphatic carbocycles. The SMILES string of the molecule is Cc1ccc(-c2nc(C(=O)Nc3c(C)cccc3-c3nc(C(C)C)no3)cs2)cc1. The number of carbonyl (C=O) groups is 1. The van der Waals surface area contributed by atoms with E-state index in [1.54, 1.807) is 5.38 Å². The molecule has 0 unspecified atom stereocenters. The van der Waals surface area contributed by atoms with Crippen LogP contribution in [0.2, 0.25) is 0 Å². The fraction of sp³-hybridized carbons (Fsp3) is 0.217. The number of thiazole rings is 1. The van der Waals surface area contributed by atoms with Gasteiger partial charge in [0, 0.05) is 16.9 Å². The van der Waals surface area contributed by atoms with Crippen LogP contribution in [0.1, 0.15) is 47.2 Å². The lowest BCUT2D eigenvalue weighted by molar-refractivity contribution is 0.102. The van der Waals surface area contributed by atoms with Crippen molar-refractivity contribution < 1.29 is 9.32 Å². The first-order valence-electron chi connectivity index (χ1n) is 9.70. The molecule has 0 bridgehead atoms. The molecule has 30 heavy (non-hydrogen) atoms. The number of anilines is 1. The third-order valence-corrected chi connectivity index (χ3v) is 5.63. The molecule has 4 aromatic rings. The molecular formula is C23H22N4O2S. The predicted octanol–water partition coefficient (Wildman–Crippen LogP) is 5.85. The van der Waals surface area contributed by atoms with Gasteiger partial charge in [-0.1, -0.05) is 61.0 Å². The van der Waals surface area contributed by atoms with Gasteiger partial charge in [0.15, 0.2) is 5.82 Å². The third kappa shape index (κ3) is 4.02. The Balaban J connectivity index is 1.61. The van der Waals surface area contributed by atoms with E-state index in [-0.39, 0.29) is 11.8 Å². The molecule has 0 aliphatic rings. The summed E-state index contributed by atoms with van der Waals surface area (Å²) in [6, 6.07) is 13.8. The first-order chi connectivity index (χ1) is 14.4. The number of benzene rings is 2. The number of nitrogens with zero attached hydrogens (tertiary/aromatic N) is 3. The summed E-state index contributed by atoms with van der Waals surface area (Å²) in [6.07, 6.45) is 0. The molecule has 0 saturated heterocycles. The van der Waals surface area contributed by atoms with Gasteiger partial charge in [0.2, 0.25) is 0 Å². The molecule has 0 atom stereocenters. The summed E-state index contributed by atoms with van der Waals surface area (Å²) < 4.78 is 5.44. The Kier molecular flexibility index (Phi) is 5.46. The van der Waals surface area contributed by atoms with E-state index in [0.717, 1.165) is 16.1 Å². The Bertz CT molecular complexity index is 1190. The number of rotatable bonds is 5. The molecule has 0 saturated carbocycles. The molecule has 6 nitrogen and oxygen atoms in total. The number of hydrogen-bond acceptors (Lipinski definition) is 6. The number of hydrogen-bond donors (Lipinski definition) is 1. The van der Waals surface area contributed by atoms with Crippen LogP contribution in [0.4, 0.5) is 5.69 Å². The van der Waals surface area contributed by atoms with Gasteiger partial charge in [-0.25, -0.2) is 4.98 Å². The summed E-state index contributed by atoms with van der Waals surface area (Å²) in [7, 11) is 0. The standard InChI is InChI=1S/C23H22N4O2S/c1-13(2)20-26-22(29-27-20)17-7-5-6-15(4)19(17)25-21(28)18-12-30-23(24-18)16-10-8-14(3)9-11-16/h5-13H,1-4H3,(H,25,28). The molecule has 152 valence electrons. The van der Waals surface area contributed by atoms with Gasteiger partial charge < -0.3 is 9.84 Å². The smallest absolute Gasteiger partial charge is 0.275 e. The zero-order valence-corrected chi connectivity index (χ0v) is 18.1. The first kappa shape index (κ1) is 20.0. The minimum atomic E-state index is -0.274. The highest BCUT2D eigenvalue weighted by Crippen LogP contribution is 2.31. The first-order valence-corrected chi connectivity index (χ1v) is 10.6. The zero-order valence-electron chi connectivity index (χ0n) is 17.3. The Hall–Kier alpha value is -3.32. The van der Waals surface area contributed by atoms with Crippen molar-refractivity contribution in [2.45, 2.75) is 33.6 Å². The fourth-order valence-electron chi connectivity index (χ4n) is 2.97. The lowest BCUT2D eigenvalue weighted by atomic mass is 10.1. The van der Waals surface area contributed by atoms with Crippen LogP contribution in [0.5, 0.6) is 0 Å². The summed E-state index contributed by atoms with van der Waals surface area (Å²) in [5, 5.41) is 9.60. The maximum atomic E-state index is 12.9. The second kappa shape index (κ2) is 8.20. The van der Waals surface area contributed by atoms with E-state index >= 15 is 0 Å². The monoisotopic (exact) mass is 418 g/mol. The quantitative estimate of drug-likeness (QED) is 0.439. The molecule has 0 aliphatic heterocycles. The van der Waals surface area contributed by atoms with Crippen molar-refractivity contribution >= 4 is 22.9 Å². The largest absolute Gasteiger partial charge is 0.334 e. The van der Waals surface area contributed by atoms with Crippen LogP contribution in [-0.2, 0) is 0 Å². The normalized spacial score (nSPS) is 11.1. The Labute approximate surface area is 179 Å². The molecule has 7 heteroatoms. The van der Waals surface area contributed by atoms with Crippen molar-refractivity contribution in [1.29, 1.82) is 0 Å². The summed E-state index contributed by atoms with van der Waals surface area (Å²) in [5.41, 5.74) is 4.79. The highest BCUT2D eigenvalue weighted by molar-refractivity contribution is 7.13. The van der Waals surface area contributed by atoms with Gasteiger partial charge in [-0.15, -0.1) is 11.3 Å². The number of aromatic nitrogens is 3. The number of aryl methyl sites for hydroxylation is 2. The molecule has 0 fully saturated rings. The molecular weight excluding hydrogens is 396 g/mol. The number of amides is 1. The summed E-state index contributed by atoms with van der Waals surface area (Å²) in [5.74, 6) is 0.895. The average Bonchev–Trinajstić information content (AvgIpc) is 3.40. The average molecular weight is 419 g/mol. The van der Waals surface area contributed by atoms with Crippen LogP contribution in [0.3, 0.4) is 0 Å². The van der Waals surface area contributed by atoms with Crippen LogP contribution in [0.25, 0.3) is 22.0 Å². The van der Waals surface area contributed by atoms with Gasteiger partial charge in [-0.05, 0) is 25.5 Å². The van der Waals surface area contributed by atoms with E-state index in [9.17, 15) is 4.79 Å². The molecule has 0 spiro atoms. The third-order valence-electron chi connectivity index (χ3n) is 4.74. The van der Waals surface area contributed by atoms with Gasteiger partial charge in [0.05, 0.1) is 11.3 Å². The maximum Gasteiger partial charge on any atom is 0.275 e. The fourth-order valence-corrected chi connectivity index (χ4v) is 3.78. The van der Waals surface area contributed by atoms with Gasteiger partial charge >= 0.3 is 0 Å². The molecule has 1 amide bonds. The summed E-state index contributed by atoms with van der Waals surface area (Å²) in [4.78, 5) is 21.9. The van der Waals surface area contributed by atoms with Gasteiger partial charge in [-0.3, -0.25) is 4.79 Å². The maximum absolute atomic E-state index is 12.9. The molecule has 1 N–H and O–H groups in total. The highest BCUT2D eigenvalue weighted by atomic mass is 32.1. The summed E-state index contributed by atoms with van der Waals surface area (Å²) >= 11 is 1.45. The van der Waals surface area contributed by atoms with Crippen molar-refractivity contribution in [3.05, 3.63) is 70.5 Å². The van der Waals surface area contributed by atoms with E-state index in [1.165, 1.54) is 16.9 Å². The molecule has 2 heterocycles. The second-order valence-corrected chi connectivity index (χ2v) is 8.33. The van der Waals surface area contributed by atoms with Crippen molar-refractivity contribution in [3.63, 3.8) is 0 Å². The predicted molar refractivity (Wildman–Crippen MR) is 119 cm³/mol. The number of carbonyl (C=O) groups excluding carboxylic acids is 1. The van der Waals surface area contributed by atoms with Crippen LogP contribution in [-0.4, -0.2) is 21.0 Å². The van der Waals surface area contributed by atoms with E-state index in [4.69, 9.17) is 4.52 Å². The molecule has 0 radical (unpaired) electrons. The van der Waals surface area contributed by atoms with Gasteiger partial charge in [0.1, 0.15) is 10.7 Å². The van der Waals surface area contributed by atoms with E-state index in [1.807, 2.05) is 70.2 Å². The molecule has 2 aromatic carbocycles. The van der Waals surface area contributed by atoms with E-state index < -0.39 is 0 Å². The highest BCUT2D eigenvalue weighted by Gasteiger charge is 2.19. The minimum absolute atomic E-state index is 0.153. The molecule has 2 aromatic heterocycles. The van der Waals surface area contributed by atoms with Crippen molar-refractivity contribution in [3.8, 4) is 22.0 Å². The van der Waals surface area contributed by atoms with Crippen molar-refractivity contribution in [1.82, 2.24) is 15.1 Å². The number of nitrogens with one attached hydrogen (secondary N) is 1. The number of para-hydroxylation sites is 1. The van der Waals surface area contributed by atoms with Crippen molar-refractivity contribution in [2.24, 2.45) is 0 Å². The lowest BCUT2D eigenvalue weighted by Crippen LogP contribution is -2.14.